The van der Waals surface area contributed by atoms with Crippen LogP contribution in [-0.4, -0.2) is 19.1 Å². The summed E-state index contributed by atoms with van der Waals surface area (Å²) >= 11 is 0. The van der Waals surface area contributed by atoms with E-state index in [2.05, 4.69) is 124 Å². The van der Waals surface area contributed by atoms with Gasteiger partial charge in [0.15, 0.2) is 0 Å². The standard InChI is InChI=1S/C30H31N3/c1-20(21-12-8-7-9-13-21)29-32(5)26-16-17-31-27(28(26)33(29)6)23-18-22-14-10-11-15-24(22)25(19-23)30(2,3)4/h7-19H,1-6H3/b29-20-. The van der Waals surface area contributed by atoms with E-state index in [4.69, 9.17) is 4.98 Å². The molecule has 0 amide bonds. The first-order valence-electron chi connectivity index (χ1n) is 11.5. The number of nitrogens with zero attached hydrogens (tertiary/aromatic N) is 3. The summed E-state index contributed by atoms with van der Waals surface area (Å²) in [7, 11) is 4.30. The van der Waals surface area contributed by atoms with Crippen molar-refractivity contribution in [3.05, 3.63) is 95.9 Å². The fourth-order valence-corrected chi connectivity index (χ4v) is 5.09. The number of allylic oxidation sites excluding steroid dienone is 1. The van der Waals surface area contributed by atoms with Gasteiger partial charge in [-0.25, -0.2) is 0 Å². The lowest BCUT2D eigenvalue weighted by atomic mass is 9.82. The molecular formula is C30H31N3. The van der Waals surface area contributed by atoms with Crippen LogP contribution in [-0.2, 0) is 5.41 Å². The van der Waals surface area contributed by atoms with Crippen LogP contribution in [0.5, 0.6) is 0 Å². The summed E-state index contributed by atoms with van der Waals surface area (Å²) in [5.41, 5.74) is 8.37. The van der Waals surface area contributed by atoms with Gasteiger partial charge >= 0.3 is 0 Å². The maximum Gasteiger partial charge on any atom is 0.116 e. The summed E-state index contributed by atoms with van der Waals surface area (Å²) in [6.45, 7) is 9.05. The summed E-state index contributed by atoms with van der Waals surface area (Å²) in [5, 5.41) is 2.57. The molecule has 0 bridgehead atoms. The summed E-state index contributed by atoms with van der Waals surface area (Å²) in [6, 6.07) is 26.0. The predicted octanol–water partition coefficient (Wildman–Crippen LogP) is 7.47. The van der Waals surface area contributed by atoms with Gasteiger partial charge in [0.25, 0.3) is 0 Å². The SMILES string of the molecule is C/C(=C1\N(C)c2ccnc(-c3cc(C(C)(C)C)c4ccccc4c3)c2N1C)c1ccccc1. The molecule has 0 fully saturated rings. The number of anilines is 2. The van der Waals surface area contributed by atoms with Crippen molar-refractivity contribution in [1.82, 2.24) is 4.98 Å². The molecule has 4 aromatic rings. The minimum atomic E-state index is 0.0330. The lowest BCUT2D eigenvalue weighted by molar-refractivity contribution is 0.596. The van der Waals surface area contributed by atoms with Gasteiger partial charge in [-0.3, -0.25) is 4.98 Å². The van der Waals surface area contributed by atoms with Crippen molar-refractivity contribution in [3.8, 4) is 11.3 Å². The molecule has 2 heterocycles. The highest BCUT2D eigenvalue weighted by Crippen LogP contribution is 2.47. The Morgan fingerprint density at radius 1 is 0.818 bits per heavy atom. The van der Waals surface area contributed by atoms with Crippen LogP contribution in [0.2, 0.25) is 0 Å². The van der Waals surface area contributed by atoms with E-state index in [-0.39, 0.29) is 5.41 Å². The van der Waals surface area contributed by atoms with Gasteiger partial charge in [-0.05, 0) is 58.0 Å². The number of pyridine rings is 1. The second kappa shape index (κ2) is 7.77. The van der Waals surface area contributed by atoms with Crippen molar-refractivity contribution >= 4 is 27.7 Å². The summed E-state index contributed by atoms with van der Waals surface area (Å²) in [6.07, 6.45) is 1.94. The van der Waals surface area contributed by atoms with Crippen molar-refractivity contribution in [1.29, 1.82) is 0 Å². The van der Waals surface area contributed by atoms with Gasteiger partial charge in [-0.2, -0.15) is 0 Å². The Labute approximate surface area is 197 Å². The molecule has 1 aromatic heterocycles. The van der Waals surface area contributed by atoms with Gasteiger partial charge in [-0.1, -0.05) is 75.4 Å². The molecule has 5 rings (SSSR count). The molecule has 1 aliphatic rings. The molecule has 3 aromatic carbocycles. The molecule has 166 valence electrons. The van der Waals surface area contributed by atoms with Gasteiger partial charge in [-0.15, -0.1) is 0 Å². The maximum atomic E-state index is 4.91. The van der Waals surface area contributed by atoms with Gasteiger partial charge in [0.1, 0.15) is 5.82 Å². The van der Waals surface area contributed by atoms with Crippen LogP contribution in [0.4, 0.5) is 11.4 Å². The zero-order valence-electron chi connectivity index (χ0n) is 20.3. The van der Waals surface area contributed by atoms with Crippen molar-refractivity contribution in [2.24, 2.45) is 0 Å². The Hall–Kier alpha value is -3.59. The quantitative estimate of drug-likeness (QED) is 0.327. The highest BCUT2D eigenvalue weighted by Gasteiger charge is 2.32. The number of aromatic nitrogens is 1. The molecule has 33 heavy (non-hydrogen) atoms. The van der Waals surface area contributed by atoms with Crippen LogP contribution in [0.25, 0.3) is 27.6 Å². The van der Waals surface area contributed by atoms with Crippen LogP contribution in [0.1, 0.15) is 38.8 Å². The van der Waals surface area contributed by atoms with Crippen LogP contribution in [0, 0.1) is 0 Å². The molecule has 3 nitrogen and oxygen atoms in total. The monoisotopic (exact) mass is 433 g/mol. The van der Waals surface area contributed by atoms with Gasteiger partial charge < -0.3 is 9.80 Å². The van der Waals surface area contributed by atoms with Crippen molar-refractivity contribution in [3.63, 3.8) is 0 Å². The Bertz CT molecular complexity index is 1380. The Balaban J connectivity index is 1.73. The van der Waals surface area contributed by atoms with Crippen LogP contribution >= 0.6 is 0 Å². The van der Waals surface area contributed by atoms with E-state index in [1.807, 2.05) is 6.20 Å². The molecule has 0 spiro atoms. The zero-order valence-corrected chi connectivity index (χ0v) is 20.3. The van der Waals surface area contributed by atoms with Crippen LogP contribution < -0.4 is 9.80 Å². The number of benzene rings is 3. The predicted molar refractivity (Wildman–Crippen MR) is 142 cm³/mol. The molecule has 1 aliphatic heterocycles. The van der Waals surface area contributed by atoms with E-state index in [0.717, 1.165) is 16.9 Å². The third-order valence-corrected chi connectivity index (χ3v) is 6.72. The van der Waals surface area contributed by atoms with Crippen molar-refractivity contribution in [2.75, 3.05) is 23.9 Å². The lowest BCUT2D eigenvalue weighted by Crippen LogP contribution is -2.23. The van der Waals surface area contributed by atoms with E-state index in [9.17, 15) is 0 Å². The third-order valence-electron chi connectivity index (χ3n) is 6.72. The van der Waals surface area contributed by atoms with Gasteiger partial charge in [0, 0.05) is 25.9 Å². The number of fused-ring (bicyclic) bond motifs is 2. The minimum Gasteiger partial charge on any atom is -0.329 e. The second-order valence-electron chi connectivity index (χ2n) is 9.95. The fourth-order valence-electron chi connectivity index (χ4n) is 5.09. The Morgan fingerprint density at radius 3 is 2.24 bits per heavy atom. The molecule has 0 unspecified atom stereocenters. The minimum absolute atomic E-state index is 0.0330. The maximum absolute atomic E-state index is 4.91. The first-order valence-corrected chi connectivity index (χ1v) is 11.5. The molecule has 0 N–H and O–H groups in total. The summed E-state index contributed by atoms with van der Waals surface area (Å²) in [5.74, 6) is 1.18. The smallest absolute Gasteiger partial charge is 0.116 e. The van der Waals surface area contributed by atoms with Crippen molar-refractivity contribution in [2.45, 2.75) is 33.1 Å². The summed E-state index contributed by atoms with van der Waals surface area (Å²) < 4.78 is 0. The number of hydrogen-bond donors (Lipinski definition) is 0. The highest BCUT2D eigenvalue weighted by atomic mass is 15.4. The second-order valence-corrected chi connectivity index (χ2v) is 9.95. The third kappa shape index (κ3) is 3.48. The van der Waals surface area contributed by atoms with Crippen LogP contribution in [0.15, 0.2) is 84.8 Å². The van der Waals surface area contributed by atoms with E-state index < -0.39 is 0 Å². The molecular weight excluding hydrogens is 402 g/mol. The molecule has 0 aliphatic carbocycles. The topological polar surface area (TPSA) is 19.4 Å². The van der Waals surface area contributed by atoms with Crippen molar-refractivity contribution < 1.29 is 0 Å². The van der Waals surface area contributed by atoms with E-state index >= 15 is 0 Å². The van der Waals surface area contributed by atoms with E-state index in [1.54, 1.807) is 0 Å². The molecule has 0 atom stereocenters. The largest absolute Gasteiger partial charge is 0.329 e. The summed E-state index contributed by atoms with van der Waals surface area (Å²) in [4.78, 5) is 9.49. The van der Waals surface area contributed by atoms with Gasteiger partial charge in [0.05, 0.1) is 17.1 Å². The first kappa shape index (κ1) is 21.3. The zero-order chi connectivity index (χ0) is 23.3. The number of rotatable bonds is 2. The lowest BCUT2D eigenvalue weighted by Gasteiger charge is -2.24. The highest BCUT2D eigenvalue weighted by molar-refractivity contribution is 5.98. The van der Waals surface area contributed by atoms with E-state index in [0.29, 0.717) is 0 Å². The first-order chi connectivity index (χ1) is 15.8. The fraction of sp³-hybridized carbons (Fsp3) is 0.233. The number of hydrogen-bond acceptors (Lipinski definition) is 3. The average molecular weight is 434 g/mol. The van der Waals surface area contributed by atoms with E-state index in [1.165, 1.54) is 39.0 Å². The normalized spacial score (nSPS) is 15.2. The van der Waals surface area contributed by atoms with Gasteiger partial charge in [0.2, 0.25) is 0 Å². The average Bonchev–Trinajstić information content (AvgIpc) is 3.08. The van der Waals surface area contributed by atoms with Crippen LogP contribution in [0.3, 0.4) is 0 Å². The molecule has 0 radical (unpaired) electrons. The Kier molecular flexibility index (Phi) is 5.01. The molecule has 0 saturated carbocycles. The Morgan fingerprint density at radius 2 is 1.52 bits per heavy atom. The molecule has 3 heteroatoms. The molecule has 0 saturated heterocycles.